The number of unbranched alkanes of at least 4 members (excludes halogenated alkanes) is 11. The molecule has 0 spiro atoms. The fourth-order valence-corrected chi connectivity index (χ4v) is 2.69. The lowest BCUT2D eigenvalue weighted by Crippen LogP contribution is -2.03. The van der Waals surface area contributed by atoms with Gasteiger partial charge in [0.15, 0.2) is 0 Å². The largest absolute Gasteiger partial charge is 0.316 e. The summed E-state index contributed by atoms with van der Waals surface area (Å²) in [6.07, 6.45) is 14.5. The molecular formula is C14H32MgO3S. The summed E-state index contributed by atoms with van der Waals surface area (Å²) in [6, 6.07) is 0. The van der Waals surface area contributed by atoms with Gasteiger partial charge in [0.1, 0.15) is 0 Å². The van der Waals surface area contributed by atoms with Crippen molar-refractivity contribution < 1.29 is 13.0 Å². The van der Waals surface area contributed by atoms with Gasteiger partial charge in [0.05, 0.1) is 5.75 Å². The highest BCUT2D eigenvalue weighted by molar-refractivity contribution is 7.85. The van der Waals surface area contributed by atoms with Crippen molar-refractivity contribution in [3.63, 3.8) is 0 Å². The van der Waals surface area contributed by atoms with E-state index in [0.29, 0.717) is 6.42 Å². The van der Waals surface area contributed by atoms with Crippen molar-refractivity contribution in [3.8, 4) is 0 Å². The molecule has 0 unspecified atom stereocenters. The van der Waals surface area contributed by atoms with Crippen molar-refractivity contribution in [1.82, 2.24) is 0 Å². The summed E-state index contributed by atoms with van der Waals surface area (Å²) < 4.78 is 29.5. The summed E-state index contributed by atoms with van der Waals surface area (Å²) >= 11 is 0. The smallest absolute Gasteiger partial charge is 0.286 e. The molecule has 0 fully saturated rings. The van der Waals surface area contributed by atoms with E-state index in [2.05, 4.69) is 6.92 Å². The summed E-state index contributed by atoms with van der Waals surface area (Å²) in [5.41, 5.74) is 0. The van der Waals surface area contributed by atoms with Crippen LogP contribution in [-0.2, 0) is 10.1 Å². The van der Waals surface area contributed by atoms with Crippen LogP contribution in [0.3, 0.4) is 0 Å². The molecule has 1 N–H and O–H groups in total. The zero-order valence-corrected chi connectivity index (χ0v) is 12.7. The van der Waals surface area contributed by atoms with E-state index in [0.717, 1.165) is 12.8 Å². The van der Waals surface area contributed by atoms with E-state index in [1.54, 1.807) is 0 Å². The van der Waals surface area contributed by atoms with Crippen molar-refractivity contribution >= 4 is 33.2 Å². The molecule has 0 saturated heterocycles. The van der Waals surface area contributed by atoms with Crippen LogP contribution < -0.4 is 0 Å². The van der Waals surface area contributed by atoms with Crippen LogP contribution in [-0.4, -0.2) is 41.8 Å². The minimum absolute atomic E-state index is 0. The van der Waals surface area contributed by atoms with Gasteiger partial charge in [0, 0.05) is 0 Å². The highest BCUT2D eigenvalue weighted by atomic mass is 32.2. The second-order valence-corrected chi connectivity index (χ2v) is 6.75. The summed E-state index contributed by atoms with van der Waals surface area (Å²) in [5.74, 6) is -0.0789. The van der Waals surface area contributed by atoms with Crippen molar-refractivity contribution in [2.24, 2.45) is 0 Å². The fraction of sp³-hybridized carbons (Fsp3) is 1.00. The van der Waals surface area contributed by atoms with E-state index in [-0.39, 0.29) is 28.8 Å². The fourth-order valence-electron chi connectivity index (χ4n) is 2.13. The maximum absolute atomic E-state index is 10.5. The summed E-state index contributed by atoms with van der Waals surface area (Å²) in [6.45, 7) is 2.24. The molecule has 19 heavy (non-hydrogen) atoms. The molecule has 0 aliphatic heterocycles. The summed E-state index contributed by atoms with van der Waals surface area (Å²) in [4.78, 5) is 0. The maximum Gasteiger partial charge on any atom is 0.316 e. The number of rotatable bonds is 13. The second-order valence-electron chi connectivity index (χ2n) is 5.18. The monoisotopic (exact) mass is 304 g/mol. The first-order chi connectivity index (χ1) is 8.56. The first-order valence-electron chi connectivity index (χ1n) is 7.51. The molecular weight excluding hydrogens is 273 g/mol. The zero-order valence-electron chi connectivity index (χ0n) is 11.9. The minimum Gasteiger partial charge on any atom is -0.286 e. The molecule has 0 aromatic rings. The molecule has 3 nitrogen and oxygen atoms in total. The summed E-state index contributed by atoms with van der Waals surface area (Å²) in [7, 11) is -3.74. The molecule has 0 amide bonds. The van der Waals surface area contributed by atoms with Crippen LogP contribution in [0.5, 0.6) is 0 Å². The minimum atomic E-state index is -3.74. The predicted octanol–water partition coefficient (Wildman–Crippen LogP) is 3.66. The molecule has 0 rings (SSSR count). The third-order valence-corrected chi connectivity index (χ3v) is 4.06. The summed E-state index contributed by atoms with van der Waals surface area (Å²) in [5, 5.41) is 0. The molecule has 0 saturated carbocycles. The van der Waals surface area contributed by atoms with Gasteiger partial charge in [-0.15, -0.1) is 0 Å². The molecule has 0 bridgehead atoms. The quantitative estimate of drug-likeness (QED) is 0.321. The van der Waals surface area contributed by atoms with Gasteiger partial charge < -0.3 is 0 Å². The Morgan fingerprint density at radius 3 is 1.32 bits per heavy atom. The lowest BCUT2D eigenvalue weighted by atomic mass is 10.1. The molecule has 0 aromatic carbocycles. The molecule has 114 valence electrons. The molecule has 0 atom stereocenters. The third kappa shape index (κ3) is 21.1. The van der Waals surface area contributed by atoms with Gasteiger partial charge in [0.2, 0.25) is 0 Å². The van der Waals surface area contributed by atoms with Crippen molar-refractivity contribution in [1.29, 1.82) is 0 Å². The van der Waals surface area contributed by atoms with Crippen LogP contribution in [0.2, 0.25) is 0 Å². The highest BCUT2D eigenvalue weighted by Gasteiger charge is 2.02. The average molecular weight is 305 g/mol. The van der Waals surface area contributed by atoms with E-state index < -0.39 is 10.1 Å². The number of hydrogen-bond donors (Lipinski definition) is 1. The van der Waals surface area contributed by atoms with E-state index >= 15 is 0 Å². The molecule has 0 radical (unpaired) electrons. The molecule has 5 heteroatoms. The Bertz CT molecular complexity index is 266. The lowest BCUT2D eigenvalue weighted by Gasteiger charge is -2.02. The molecule has 0 heterocycles. The van der Waals surface area contributed by atoms with Gasteiger partial charge in [-0.2, -0.15) is 8.42 Å². The Labute approximate surface area is 135 Å². The Morgan fingerprint density at radius 2 is 1.00 bits per heavy atom. The third-order valence-electron chi connectivity index (χ3n) is 3.26. The van der Waals surface area contributed by atoms with Crippen LogP contribution in [0.4, 0.5) is 0 Å². The van der Waals surface area contributed by atoms with E-state index in [1.165, 1.54) is 57.8 Å². The Kier molecular flexibility index (Phi) is 17.4. The second kappa shape index (κ2) is 15.1. The normalized spacial score (nSPS) is 11.3. The maximum atomic E-state index is 10.5. The van der Waals surface area contributed by atoms with Crippen molar-refractivity contribution in [2.75, 3.05) is 5.75 Å². The Morgan fingerprint density at radius 1 is 0.684 bits per heavy atom. The highest BCUT2D eigenvalue weighted by Crippen LogP contribution is 2.12. The van der Waals surface area contributed by atoms with Crippen LogP contribution >= 0.6 is 0 Å². The Hall–Kier alpha value is 0.676. The van der Waals surface area contributed by atoms with Gasteiger partial charge in [-0.3, -0.25) is 4.55 Å². The van der Waals surface area contributed by atoms with Gasteiger partial charge in [-0.05, 0) is 6.42 Å². The molecule has 0 aliphatic carbocycles. The number of hydrogen-bond acceptors (Lipinski definition) is 2. The van der Waals surface area contributed by atoms with Gasteiger partial charge in [0.25, 0.3) is 10.1 Å². The average Bonchev–Trinajstić information content (AvgIpc) is 2.29. The SMILES string of the molecule is CCCCCCCCCCCCCCS(=O)(=O)O.[MgH2]. The van der Waals surface area contributed by atoms with E-state index in [4.69, 9.17) is 4.55 Å². The Balaban J connectivity index is 0. The van der Waals surface area contributed by atoms with E-state index in [1.807, 2.05) is 0 Å². The van der Waals surface area contributed by atoms with Crippen LogP contribution in [0, 0.1) is 0 Å². The van der Waals surface area contributed by atoms with Crippen LogP contribution in [0.15, 0.2) is 0 Å². The standard InChI is InChI=1S/C14H30O3S.Mg.2H/c1-2-3-4-5-6-7-8-9-10-11-12-13-14-18(15,16)17;;;/h2-14H2,1H3,(H,15,16,17);;;. The van der Waals surface area contributed by atoms with Crippen LogP contribution in [0.25, 0.3) is 0 Å². The topological polar surface area (TPSA) is 54.4 Å². The van der Waals surface area contributed by atoms with Gasteiger partial charge in [-0.25, -0.2) is 0 Å². The molecule has 0 aliphatic rings. The first kappa shape index (κ1) is 22.0. The lowest BCUT2D eigenvalue weighted by molar-refractivity contribution is 0.478. The first-order valence-corrected chi connectivity index (χ1v) is 9.12. The van der Waals surface area contributed by atoms with Crippen molar-refractivity contribution in [3.05, 3.63) is 0 Å². The zero-order chi connectivity index (χ0) is 13.7. The van der Waals surface area contributed by atoms with E-state index in [9.17, 15) is 8.42 Å². The molecule has 0 aromatic heterocycles. The van der Waals surface area contributed by atoms with Gasteiger partial charge in [-0.1, -0.05) is 77.6 Å². The predicted molar refractivity (Wildman–Crippen MR) is 86.0 cm³/mol. The van der Waals surface area contributed by atoms with Crippen LogP contribution in [0.1, 0.15) is 84.0 Å². The van der Waals surface area contributed by atoms with Gasteiger partial charge >= 0.3 is 23.1 Å². The van der Waals surface area contributed by atoms with Crippen molar-refractivity contribution in [2.45, 2.75) is 84.0 Å².